The van der Waals surface area contributed by atoms with Crippen molar-refractivity contribution in [1.82, 2.24) is 25.0 Å². The van der Waals surface area contributed by atoms with Crippen molar-refractivity contribution in [2.24, 2.45) is 0 Å². The molecule has 0 bridgehead atoms. The standard InChI is InChI=1S/C35H42FN5O5Si/c1-23-21-41(22-43-17-18-47(5,6)7)32-30(23)29(15-16-37-32)44-28-14-13-24(19-26(28)36)20-27(38-34(42)45-35(2,3)4)33-39-31(40-46-33)25-11-9-8-10-12-25/h8-16,19,21,27H,17-18,20,22H2,1-7H3,(H,38,42)/t27-/m0/s1. The Morgan fingerprint density at radius 3 is 2.55 bits per heavy atom. The molecular formula is C35H42FN5O5Si. The van der Waals surface area contributed by atoms with Crippen molar-refractivity contribution in [3.05, 3.63) is 89.8 Å². The zero-order valence-corrected chi connectivity index (χ0v) is 29.0. The predicted octanol–water partition coefficient (Wildman–Crippen LogP) is 8.45. The molecule has 0 radical (unpaired) electrons. The number of halogens is 1. The van der Waals surface area contributed by atoms with Gasteiger partial charge in [0.2, 0.25) is 11.7 Å². The number of rotatable bonds is 12. The van der Waals surface area contributed by atoms with E-state index in [1.165, 1.54) is 6.07 Å². The van der Waals surface area contributed by atoms with Crippen molar-refractivity contribution in [2.45, 2.75) is 78.2 Å². The number of aryl methyl sites for hydroxylation is 1. The Kier molecular flexibility index (Phi) is 10.1. The molecule has 0 saturated carbocycles. The summed E-state index contributed by atoms with van der Waals surface area (Å²) < 4.78 is 40.6. The van der Waals surface area contributed by atoms with Crippen LogP contribution < -0.4 is 10.1 Å². The number of carbonyl (C=O) groups excluding carboxylic acids is 1. The number of ether oxygens (including phenoxy) is 3. The van der Waals surface area contributed by atoms with E-state index in [0.29, 0.717) is 36.1 Å². The molecule has 5 rings (SSSR count). The number of carbonyl (C=O) groups is 1. The van der Waals surface area contributed by atoms with Crippen LogP contribution in [0.1, 0.15) is 43.8 Å². The van der Waals surface area contributed by atoms with Crippen LogP contribution in [0.15, 0.2) is 71.5 Å². The van der Waals surface area contributed by atoms with E-state index in [-0.39, 0.29) is 18.1 Å². The topological polar surface area (TPSA) is 114 Å². The van der Waals surface area contributed by atoms with Crippen molar-refractivity contribution in [1.29, 1.82) is 0 Å². The number of nitrogens with zero attached hydrogens (tertiary/aromatic N) is 4. The van der Waals surface area contributed by atoms with E-state index in [1.807, 2.05) is 48.0 Å². The molecule has 47 heavy (non-hydrogen) atoms. The number of benzene rings is 2. The average molecular weight is 660 g/mol. The highest BCUT2D eigenvalue weighted by Crippen LogP contribution is 2.34. The number of fused-ring (bicyclic) bond motifs is 1. The van der Waals surface area contributed by atoms with Gasteiger partial charge in [-0.25, -0.2) is 14.2 Å². The highest BCUT2D eigenvalue weighted by Gasteiger charge is 2.26. The Hall–Kier alpha value is -4.55. The van der Waals surface area contributed by atoms with E-state index in [4.69, 9.17) is 18.7 Å². The van der Waals surface area contributed by atoms with E-state index in [0.717, 1.165) is 22.6 Å². The molecule has 1 amide bonds. The minimum absolute atomic E-state index is 0.0561. The molecule has 12 heteroatoms. The minimum atomic E-state index is -1.20. The van der Waals surface area contributed by atoms with Crippen LogP contribution in [-0.4, -0.2) is 46.1 Å². The SMILES string of the molecule is Cc1cn(COCC[Si](C)(C)C)c2nccc(Oc3ccc(C[C@H](NC(=O)OC(C)(C)C)c4nc(-c5ccccc5)no4)cc3F)c12. The Bertz CT molecular complexity index is 1830. The quantitative estimate of drug-likeness (QED) is 0.105. The maximum Gasteiger partial charge on any atom is 0.408 e. The number of amides is 1. The highest BCUT2D eigenvalue weighted by atomic mass is 28.3. The third-order valence-corrected chi connectivity index (χ3v) is 8.96. The molecule has 0 fully saturated rings. The molecule has 0 aliphatic rings. The maximum atomic E-state index is 15.6. The van der Waals surface area contributed by atoms with Gasteiger partial charge in [-0.2, -0.15) is 4.98 Å². The lowest BCUT2D eigenvalue weighted by Crippen LogP contribution is -2.36. The summed E-state index contributed by atoms with van der Waals surface area (Å²) in [6.45, 7) is 15.3. The summed E-state index contributed by atoms with van der Waals surface area (Å²) >= 11 is 0. The van der Waals surface area contributed by atoms with E-state index in [2.05, 4.69) is 40.1 Å². The van der Waals surface area contributed by atoms with Crippen LogP contribution in [0, 0.1) is 12.7 Å². The zero-order valence-electron chi connectivity index (χ0n) is 28.0. The molecule has 0 spiro atoms. The molecule has 0 saturated heterocycles. The molecule has 0 aliphatic heterocycles. The first kappa shape index (κ1) is 33.8. The molecule has 5 aromatic rings. The van der Waals surface area contributed by atoms with Gasteiger partial charge >= 0.3 is 6.09 Å². The van der Waals surface area contributed by atoms with Crippen molar-refractivity contribution in [3.63, 3.8) is 0 Å². The summed E-state index contributed by atoms with van der Waals surface area (Å²) in [5.74, 6) is 0.520. The number of pyridine rings is 1. The van der Waals surface area contributed by atoms with Crippen LogP contribution >= 0.6 is 0 Å². The van der Waals surface area contributed by atoms with Gasteiger partial charge in [0.1, 0.15) is 29.8 Å². The Balaban J connectivity index is 1.34. The summed E-state index contributed by atoms with van der Waals surface area (Å²) in [7, 11) is -1.20. The average Bonchev–Trinajstić information content (AvgIpc) is 3.61. The van der Waals surface area contributed by atoms with Gasteiger partial charge < -0.3 is 28.6 Å². The van der Waals surface area contributed by atoms with Crippen molar-refractivity contribution < 1.29 is 27.9 Å². The Labute approximate surface area is 275 Å². The smallest absolute Gasteiger partial charge is 0.408 e. The third kappa shape index (κ3) is 9.04. The lowest BCUT2D eigenvalue weighted by molar-refractivity contribution is 0.0493. The van der Waals surface area contributed by atoms with Gasteiger partial charge in [0.15, 0.2) is 11.6 Å². The molecule has 0 unspecified atom stereocenters. The predicted molar refractivity (Wildman–Crippen MR) is 181 cm³/mol. The van der Waals surface area contributed by atoms with Gasteiger partial charge in [-0.1, -0.05) is 61.2 Å². The normalized spacial score (nSPS) is 12.7. The first-order valence-corrected chi connectivity index (χ1v) is 19.3. The Morgan fingerprint density at radius 2 is 1.85 bits per heavy atom. The number of nitrogens with one attached hydrogen (secondary N) is 1. The van der Waals surface area contributed by atoms with E-state index < -0.39 is 31.6 Å². The van der Waals surface area contributed by atoms with Gasteiger partial charge in [-0.15, -0.1) is 0 Å². The fourth-order valence-electron chi connectivity index (χ4n) is 4.95. The first-order valence-electron chi connectivity index (χ1n) is 15.6. The number of alkyl carbamates (subject to hydrolysis) is 1. The van der Waals surface area contributed by atoms with Gasteiger partial charge in [0.25, 0.3) is 0 Å². The summed E-state index contributed by atoms with van der Waals surface area (Å²) in [6.07, 6.45) is 3.11. The van der Waals surface area contributed by atoms with Gasteiger partial charge in [0.05, 0.1) is 5.39 Å². The highest BCUT2D eigenvalue weighted by molar-refractivity contribution is 6.76. The summed E-state index contributed by atoms with van der Waals surface area (Å²) in [4.78, 5) is 21.8. The van der Waals surface area contributed by atoms with E-state index in [9.17, 15) is 4.79 Å². The molecule has 10 nitrogen and oxygen atoms in total. The van der Waals surface area contributed by atoms with Crippen LogP contribution in [0.3, 0.4) is 0 Å². The summed E-state index contributed by atoms with van der Waals surface area (Å²) in [6, 6.07) is 16.0. The Morgan fingerprint density at radius 1 is 1.09 bits per heavy atom. The van der Waals surface area contributed by atoms with Crippen LogP contribution in [0.4, 0.5) is 9.18 Å². The molecule has 1 atom stereocenters. The first-order chi connectivity index (χ1) is 22.3. The number of aromatic nitrogens is 4. The second kappa shape index (κ2) is 14.1. The number of hydrogen-bond donors (Lipinski definition) is 1. The maximum absolute atomic E-state index is 15.6. The molecule has 248 valence electrons. The lowest BCUT2D eigenvalue weighted by atomic mass is 10.1. The van der Waals surface area contributed by atoms with Crippen LogP contribution in [0.25, 0.3) is 22.4 Å². The van der Waals surface area contributed by atoms with Crippen molar-refractivity contribution in [3.8, 4) is 22.9 Å². The summed E-state index contributed by atoms with van der Waals surface area (Å²) in [5, 5.41) is 7.68. The molecular weight excluding hydrogens is 617 g/mol. The number of hydrogen-bond acceptors (Lipinski definition) is 8. The van der Waals surface area contributed by atoms with Gasteiger partial charge in [-0.3, -0.25) is 0 Å². The zero-order chi connectivity index (χ0) is 33.8. The van der Waals surface area contributed by atoms with Gasteiger partial charge in [-0.05, 0) is 63.1 Å². The van der Waals surface area contributed by atoms with Crippen LogP contribution in [-0.2, 0) is 22.6 Å². The van der Waals surface area contributed by atoms with Crippen LogP contribution in [0.5, 0.6) is 11.5 Å². The lowest BCUT2D eigenvalue weighted by Gasteiger charge is -2.22. The minimum Gasteiger partial charge on any atom is -0.453 e. The van der Waals surface area contributed by atoms with Crippen molar-refractivity contribution in [2.75, 3.05) is 6.61 Å². The van der Waals surface area contributed by atoms with Crippen LogP contribution in [0.2, 0.25) is 25.7 Å². The molecule has 0 aliphatic carbocycles. The molecule has 2 aromatic carbocycles. The van der Waals surface area contributed by atoms with Gasteiger partial charge in [0, 0.05) is 39.1 Å². The third-order valence-electron chi connectivity index (χ3n) is 7.25. The van der Waals surface area contributed by atoms with Crippen molar-refractivity contribution >= 4 is 25.2 Å². The largest absolute Gasteiger partial charge is 0.453 e. The second-order valence-corrected chi connectivity index (χ2v) is 19.4. The fraction of sp³-hybridized carbons (Fsp3) is 0.371. The second-order valence-electron chi connectivity index (χ2n) is 13.7. The summed E-state index contributed by atoms with van der Waals surface area (Å²) in [5.41, 5.74) is 2.27. The molecule has 3 heterocycles. The van der Waals surface area contributed by atoms with E-state index >= 15 is 4.39 Å². The molecule has 3 aromatic heterocycles. The fourth-order valence-corrected chi connectivity index (χ4v) is 5.70. The molecule has 1 N–H and O–H groups in total. The monoisotopic (exact) mass is 659 g/mol. The van der Waals surface area contributed by atoms with E-state index in [1.54, 1.807) is 45.2 Å².